The van der Waals surface area contributed by atoms with Gasteiger partial charge in [0.15, 0.2) is 0 Å². The lowest BCUT2D eigenvalue weighted by Crippen LogP contribution is -2.54. The molecule has 3 aromatic rings. The van der Waals surface area contributed by atoms with E-state index in [-0.39, 0.29) is 29.9 Å². The molecule has 3 aliphatic heterocycles. The molecular weight excluding hydrogens is 498 g/mol. The first-order chi connectivity index (χ1) is 18.7. The van der Waals surface area contributed by atoms with Gasteiger partial charge < -0.3 is 10.2 Å². The maximum Gasteiger partial charge on any atom is 0.264 e. The molecule has 4 heterocycles. The molecule has 2 N–H and O–H groups in total. The third kappa shape index (κ3) is 4.04. The van der Waals surface area contributed by atoms with Crippen LogP contribution >= 0.6 is 0 Å². The molecule has 1 fully saturated rings. The summed E-state index contributed by atoms with van der Waals surface area (Å²) in [5.74, 6) is -2.24. The van der Waals surface area contributed by atoms with Gasteiger partial charge in [-0.05, 0) is 67.3 Å². The van der Waals surface area contributed by atoms with Crippen LogP contribution < -0.4 is 15.5 Å². The fraction of sp³-hybridized carbons (Fsp3) is 0.241. The second-order valence-electron chi connectivity index (χ2n) is 9.97. The van der Waals surface area contributed by atoms with Crippen molar-refractivity contribution >= 4 is 46.6 Å². The van der Waals surface area contributed by atoms with Crippen LogP contribution in [0.1, 0.15) is 51.2 Å². The van der Waals surface area contributed by atoms with Crippen LogP contribution in [0.3, 0.4) is 0 Å². The minimum absolute atomic E-state index is 0.0159. The van der Waals surface area contributed by atoms with Crippen LogP contribution in [0.15, 0.2) is 48.7 Å². The van der Waals surface area contributed by atoms with E-state index in [9.17, 15) is 24.0 Å². The topological polar surface area (TPSA) is 129 Å². The van der Waals surface area contributed by atoms with Crippen LogP contribution in [0.4, 0.5) is 17.1 Å². The number of imide groups is 2. The van der Waals surface area contributed by atoms with E-state index in [1.807, 2.05) is 31.2 Å². The number of hydrogen-bond acceptors (Lipinski definition) is 7. The lowest BCUT2D eigenvalue weighted by atomic mass is 9.94. The number of aromatic nitrogens is 1. The number of amides is 5. The van der Waals surface area contributed by atoms with Crippen molar-refractivity contribution in [1.82, 2.24) is 15.2 Å². The summed E-state index contributed by atoms with van der Waals surface area (Å²) in [6, 6.07) is 11.7. The van der Waals surface area contributed by atoms with Gasteiger partial charge in [-0.25, -0.2) is 0 Å². The molecule has 2 aromatic carbocycles. The zero-order valence-corrected chi connectivity index (χ0v) is 21.4. The number of pyridine rings is 1. The Balaban J connectivity index is 1.44. The van der Waals surface area contributed by atoms with E-state index in [0.717, 1.165) is 33.0 Å². The third-order valence-corrected chi connectivity index (χ3v) is 7.51. The SMILES string of the molecule is Cc1cc(-c2cc3c(cc2Nc2cccc4c2C(=O)N([C@H]2CCC(=O)NC2=O)C4=O)N(C)C(=O)CC3)ccn1. The van der Waals surface area contributed by atoms with Gasteiger partial charge in [0.25, 0.3) is 11.8 Å². The largest absolute Gasteiger partial charge is 0.354 e. The Morgan fingerprint density at radius 3 is 2.51 bits per heavy atom. The number of anilines is 3. The van der Waals surface area contributed by atoms with Crippen molar-refractivity contribution in [3.63, 3.8) is 0 Å². The molecule has 196 valence electrons. The van der Waals surface area contributed by atoms with Gasteiger partial charge in [0.05, 0.1) is 16.8 Å². The summed E-state index contributed by atoms with van der Waals surface area (Å²) in [6.07, 6.45) is 2.89. The van der Waals surface area contributed by atoms with E-state index in [1.54, 1.807) is 36.3 Å². The molecule has 39 heavy (non-hydrogen) atoms. The third-order valence-electron chi connectivity index (χ3n) is 7.51. The molecule has 0 radical (unpaired) electrons. The van der Waals surface area contributed by atoms with E-state index in [2.05, 4.69) is 15.6 Å². The number of fused-ring (bicyclic) bond motifs is 2. The highest BCUT2D eigenvalue weighted by atomic mass is 16.2. The standard InChI is InChI=1S/C29H25N5O5/c1-15-12-16(10-11-30-15)19-13-17-6-9-25(36)33(2)23(17)14-21(19)31-20-5-3-4-18-26(20)29(39)34(28(18)38)22-7-8-24(35)32-27(22)37/h3-5,10-14,22,31H,6-9H2,1-2H3,(H,32,35,37)/t22-/m0/s1. The quantitative estimate of drug-likeness (QED) is 0.503. The van der Waals surface area contributed by atoms with Gasteiger partial charge in [-0.2, -0.15) is 0 Å². The van der Waals surface area contributed by atoms with Crippen molar-refractivity contribution in [2.75, 3.05) is 17.3 Å². The minimum Gasteiger partial charge on any atom is -0.354 e. The normalized spacial score (nSPS) is 18.7. The molecule has 10 nitrogen and oxygen atoms in total. The first-order valence-corrected chi connectivity index (χ1v) is 12.7. The molecule has 0 saturated carbocycles. The van der Waals surface area contributed by atoms with Crippen molar-refractivity contribution in [2.24, 2.45) is 0 Å². The van der Waals surface area contributed by atoms with Crippen LogP contribution in [0.2, 0.25) is 0 Å². The number of benzene rings is 2. The van der Waals surface area contributed by atoms with Crippen LogP contribution in [0.5, 0.6) is 0 Å². The summed E-state index contributed by atoms with van der Waals surface area (Å²) in [7, 11) is 1.74. The van der Waals surface area contributed by atoms with Gasteiger partial charge >= 0.3 is 0 Å². The Hall–Kier alpha value is -4.86. The van der Waals surface area contributed by atoms with Gasteiger partial charge in [-0.1, -0.05) is 6.07 Å². The van der Waals surface area contributed by atoms with E-state index >= 15 is 0 Å². The smallest absolute Gasteiger partial charge is 0.264 e. The molecular formula is C29H25N5O5. The van der Waals surface area contributed by atoms with Crippen LogP contribution in [0, 0.1) is 6.92 Å². The lowest BCUT2D eigenvalue weighted by molar-refractivity contribution is -0.136. The highest BCUT2D eigenvalue weighted by Crippen LogP contribution is 2.41. The van der Waals surface area contributed by atoms with Gasteiger partial charge in [0, 0.05) is 48.7 Å². The Morgan fingerprint density at radius 2 is 1.74 bits per heavy atom. The molecule has 1 saturated heterocycles. The average molecular weight is 524 g/mol. The maximum absolute atomic E-state index is 13.6. The second-order valence-corrected chi connectivity index (χ2v) is 9.97. The summed E-state index contributed by atoms with van der Waals surface area (Å²) >= 11 is 0. The van der Waals surface area contributed by atoms with Crippen molar-refractivity contribution in [1.29, 1.82) is 0 Å². The van der Waals surface area contributed by atoms with Crippen molar-refractivity contribution in [3.8, 4) is 11.1 Å². The fourth-order valence-corrected chi connectivity index (χ4v) is 5.51. The summed E-state index contributed by atoms with van der Waals surface area (Å²) in [5, 5.41) is 5.57. The minimum atomic E-state index is -1.05. The van der Waals surface area contributed by atoms with Gasteiger partial charge in [0.2, 0.25) is 17.7 Å². The van der Waals surface area contributed by atoms with Crippen molar-refractivity contribution in [3.05, 3.63) is 71.0 Å². The van der Waals surface area contributed by atoms with Crippen LogP contribution in [0.25, 0.3) is 11.1 Å². The summed E-state index contributed by atoms with van der Waals surface area (Å²) in [4.78, 5) is 70.4. The highest BCUT2D eigenvalue weighted by molar-refractivity contribution is 6.25. The number of carbonyl (C=O) groups excluding carboxylic acids is 5. The highest BCUT2D eigenvalue weighted by Gasteiger charge is 2.45. The number of nitrogens with one attached hydrogen (secondary N) is 2. The zero-order chi connectivity index (χ0) is 27.4. The van der Waals surface area contributed by atoms with Gasteiger partial charge in [0.1, 0.15) is 6.04 Å². The first-order valence-electron chi connectivity index (χ1n) is 12.7. The number of piperidine rings is 1. The Labute approximate surface area is 224 Å². The lowest BCUT2D eigenvalue weighted by Gasteiger charge is -2.28. The first kappa shape index (κ1) is 24.5. The predicted octanol–water partition coefficient (Wildman–Crippen LogP) is 3.11. The fourth-order valence-electron chi connectivity index (χ4n) is 5.51. The van der Waals surface area contributed by atoms with Crippen molar-refractivity contribution < 1.29 is 24.0 Å². The molecule has 3 aliphatic rings. The molecule has 10 heteroatoms. The molecule has 0 spiro atoms. The summed E-state index contributed by atoms with van der Waals surface area (Å²) in [6.45, 7) is 1.90. The molecule has 6 rings (SSSR count). The van der Waals surface area contributed by atoms with E-state index in [4.69, 9.17) is 0 Å². The second kappa shape index (κ2) is 9.16. The van der Waals surface area contributed by atoms with E-state index in [1.165, 1.54) is 0 Å². The van der Waals surface area contributed by atoms with Gasteiger partial charge in [-0.3, -0.25) is 39.2 Å². The zero-order valence-electron chi connectivity index (χ0n) is 21.4. The summed E-state index contributed by atoms with van der Waals surface area (Å²) < 4.78 is 0. The monoisotopic (exact) mass is 523 g/mol. The Kier molecular flexibility index (Phi) is 5.75. The molecule has 1 aromatic heterocycles. The maximum atomic E-state index is 13.6. The van der Waals surface area contributed by atoms with E-state index in [0.29, 0.717) is 24.2 Å². The molecule has 1 atom stereocenters. The molecule has 0 unspecified atom stereocenters. The molecule has 0 aliphatic carbocycles. The van der Waals surface area contributed by atoms with Gasteiger partial charge in [-0.15, -0.1) is 0 Å². The van der Waals surface area contributed by atoms with E-state index < -0.39 is 29.7 Å². The number of aryl methyl sites for hydroxylation is 2. The average Bonchev–Trinajstić information content (AvgIpc) is 3.17. The number of rotatable bonds is 4. The number of hydrogen-bond donors (Lipinski definition) is 2. The Morgan fingerprint density at radius 1 is 0.923 bits per heavy atom. The number of carbonyl (C=O) groups is 5. The Bertz CT molecular complexity index is 1610. The summed E-state index contributed by atoms with van der Waals surface area (Å²) in [5.41, 5.74) is 5.79. The predicted molar refractivity (Wildman–Crippen MR) is 143 cm³/mol. The van der Waals surface area contributed by atoms with Crippen LogP contribution in [-0.4, -0.2) is 52.5 Å². The number of nitrogens with zero attached hydrogens (tertiary/aromatic N) is 3. The van der Waals surface area contributed by atoms with Crippen molar-refractivity contribution in [2.45, 2.75) is 38.6 Å². The molecule has 5 amide bonds. The van der Waals surface area contributed by atoms with Crippen LogP contribution in [-0.2, 0) is 20.8 Å². The molecule has 0 bridgehead atoms.